The van der Waals surface area contributed by atoms with E-state index in [9.17, 15) is 0 Å². The van der Waals surface area contributed by atoms with E-state index in [1.165, 1.54) is 0 Å². The molecule has 0 spiro atoms. The van der Waals surface area contributed by atoms with Gasteiger partial charge in [0, 0.05) is 17.6 Å². The Labute approximate surface area is 109 Å². The van der Waals surface area contributed by atoms with Crippen LogP contribution in [-0.2, 0) is 4.74 Å². The molecule has 1 heterocycles. The Bertz CT molecular complexity index is 445. The number of hydrogen-bond acceptors (Lipinski definition) is 4. The molecule has 17 heavy (non-hydrogen) atoms. The maximum atomic E-state index is 9.10. The standard InChI is InChI=1S/C12H13BrN2O2/c13-11-5-9(6-14)1-2-12(11)15-3-4-17-10(7-15)8-16/h1-2,5,10,16H,3-4,7-8H2. The topological polar surface area (TPSA) is 56.5 Å². The zero-order chi connectivity index (χ0) is 12.3. The van der Waals surface area contributed by atoms with Crippen molar-refractivity contribution in [1.29, 1.82) is 5.26 Å². The van der Waals surface area contributed by atoms with Gasteiger partial charge in [0.1, 0.15) is 0 Å². The summed E-state index contributed by atoms with van der Waals surface area (Å²) in [7, 11) is 0. The van der Waals surface area contributed by atoms with E-state index in [1.807, 2.05) is 6.07 Å². The zero-order valence-corrected chi connectivity index (χ0v) is 10.9. The second-order valence-electron chi connectivity index (χ2n) is 3.90. The van der Waals surface area contributed by atoms with Gasteiger partial charge in [-0.05, 0) is 34.1 Å². The van der Waals surface area contributed by atoms with Gasteiger partial charge in [-0.3, -0.25) is 0 Å². The third kappa shape index (κ3) is 2.78. The number of aliphatic hydroxyl groups is 1. The number of anilines is 1. The molecule has 1 aromatic rings. The average molecular weight is 297 g/mol. The van der Waals surface area contributed by atoms with Crippen molar-refractivity contribution in [2.24, 2.45) is 0 Å². The van der Waals surface area contributed by atoms with Crippen LogP contribution >= 0.6 is 15.9 Å². The third-order valence-electron chi connectivity index (χ3n) is 2.76. The lowest BCUT2D eigenvalue weighted by atomic mass is 10.2. The van der Waals surface area contributed by atoms with E-state index >= 15 is 0 Å². The summed E-state index contributed by atoms with van der Waals surface area (Å²) in [4.78, 5) is 2.15. The maximum Gasteiger partial charge on any atom is 0.0992 e. The maximum absolute atomic E-state index is 9.10. The van der Waals surface area contributed by atoms with E-state index in [0.29, 0.717) is 18.7 Å². The van der Waals surface area contributed by atoms with E-state index in [1.54, 1.807) is 12.1 Å². The number of nitriles is 1. The lowest BCUT2D eigenvalue weighted by Gasteiger charge is -2.34. The average Bonchev–Trinajstić information content (AvgIpc) is 2.38. The van der Waals surface area contributed by atoms with Crippen molar-refractivity contribution in [2.75, 3.05) is 31.2 Å². The molecule has 5 heteroatoms. The molecule has 0 aliphatic carbocycles. The summed E-state index contributed by atoms with van der Waals surface area (Å²) in [6.07, 6.45) is -0.133. The van der Waals surface area contributed by atoms with Crippen molar-refractivity contribution in [1.82, 2.24) is 0 Å². The molecule has 1 atom stereocenters. The predicted molar refractivity (Wildman–Crippen MR) is 67.9 cm³/mol. The van der Waals surface area contributed by atoms with Crippen LogP contribution in [0.2, 0.25) is 0 Å². The van der Waals surface area contributed by atoms with Crippen molar-refractivity contribution >= 4 is 21.6 Å². The second kappa shape index (κ2) is 5.50. The number of ether oxygens (including phenoxy) is 1. The summed E-state index contributed by atoms with van der Waals surface area (Å²) in [6.45, 7) is 2.10. The van der Waals surface area contributed by atoms with Crippen molar-refractivity contribution < 1.29 is 9.84 Å². The van der Waals surface area contributed by atoms with E-state index < -0.39 is 0 Å². The summed E-state index contributed by atoms with van der Waals surface area (Å²) in [5.41, 5.74) is 1.67. The quantitative estimate of drug-likeness (QED) is 0.899. The number of halogens is 1. The van der Waals surface area contributed by atoms with E-state index in [0.717, 1.165) is 16.7 Å². The van der Waals surface area contributed by atoms with Crippen LogP contribution in [-0.4, -0.2) is 37.5 Å². The summed E-state index contributed by atoms with van der Waals surface area (Å²) >= 11 is 3.47. The molecule has 1 N–H and O–H groups in total. The normalized spacial score (nSPS) is 20.1. The van der Waals surface area contributed by atoms with Crippen molar-refractivity contribution in [2.45, 2.75) is 6.10 Å². The van der Waals surface area contributed by atoms with Crippen LogP contribution in [0.5, 0.6) is 0 Å². The highest BCUT2D eigenvalue weighted by molar-refractivity contribution is 9.10. The molecule has 0 aromatic heterocycles. The van der Waals surface area contributed by atoms with Crippen molar-refractivity contribution in [3.8, 4) is 6.07 Å². The van der Waals surface area contributed by atoms with E-state index in [4.69, 9.17) is 15.1 Å². The monoisotopic (exact) mass is 296 g/mol. The van der Waals surface area contributed by atoms with Gasteiger partial charge in [-0.25, -0.2) is 0 Å². The van der Waals surface area contributed by atoms with Gasteiger partial charge in [0.15, 0.2) is 0 Å². The van der Waals surface area contributed by atoms with Gasteiger partial charge in [-0.15, -0.1) is 0 Å². The smallest absolute Gasteiger partial charge is 0.0992 e. The van der Waals surface area contributed by atoms with Crippen LogP contribution in [0.25, 0.3) is 0 Å². The highest BCUT2D eigenvalue weighted by Gasteiger charge is 2.21. The van der Waals surface area contributed by atoms with Crippen molar-refractivity contribution in [3.05, 3.63) is 28.2 Å². The van der Waals surface area contributed by atoms with Gasteiger partial charge in [0.2, 0.25) is 0 Å². The van der Waals surface area contributed by atoms with E-state index in [2.05, 4.69) is 26.9 Å². The first-order valence-electron chi connectivity index (χ1n) is 5.41. The Balaban J connectivity index is 2.19. The molecule has 2 rings (SSSR count). The summed E-state index contributed by atoms with van der Waals surface area (Å²) in [5.74, 6) is 0. The SMILES string of the molecule is N#Cc1ccc(N2CCOC(CO)C2)c(Br)c1. The molecule has 0 amide bonds. The van der Waals surface area contributed by atoms with E-state index in [-0.39, 0.29) is 12.7 Å². The third-order valence-corrected chi connectivity index (χ3v) is 3.40. The Morgan fingerprint density at radius 3 is 3.06 bits per heavy atom. The predicted octanol–water partition coefficient (Wildman–Crippen LogP) is 1.52. The Kier molecular flexibility index (Phi) is 4.00. The van der Waals surface area contributed by atoms with Gasteiger partial charge in [-0.2, -0.15) is 5.26 Å². The molecule has 0 bridgehead atoms. The first kappa shape index (κ1) is 12.4. The second-order valence-corrected chi connectivity index (χ2v) is 4.75. The van der Waals surface area contributed by atoms with Crippen LogP contribution < -0.4 is 4.90 Å². The molecule has 0 saturated carbocycles. The van der Waals surface area contributed by atoms with Gasteiger partial charge in [-0.1, -0.05) is 0 Å². The molecule has 1 aliphatic heterocycles. The first-order valence-corrected chi connectivity index (χ1v) is 6.21. The van der Waals surface area contributed by atoms with Crippen LogP contribution in [0, 0.1) is 11.3 Å². The number of benzene rings is 1. The van der Waals surface area contributed by atoms with Gasteiger partial charge in [0.05, 0.1) is 36.6 Å². The van der Waals surface area contributed by atoms with Crippen LogP contribution in [0.15, 0.2) is 22.7 Å². The summed E-state index contributed by atoms with van der Waals surface area (Å²) < 4.78 is 6.30. The number of morpholine rings is 1. The largest absolute Gasteiger partial charge is 0.394 e. The van der Waals surface area contributed by atoms with Crippen LogP contribution in [0.4, 0.5) is 5.69 Å². The number of nitrogens with zero attached hydrogens (tertiary/aromatic N) is 2. The molecule has 1 aliphatic rings. The summed E-state index contributed by atoms with van der Waals surface area (Å²) in [6, 6.07) is 7.62. The molecule has 1 saturated heterocycles. The lowest BCUT2D eigenvalue weighted by Crippen LogP contribution is -2.44. The molecular formula is C12H13BrN2O2. The Morgan fingerprint density at radius 2 is 2.41 bits per heavy atom. The molecule has 90 valence electrons. The molecule has 1 aromatic carbocycles. The fourth-order valence-corrected chi connectivity index (χ4v) is 2.51. The molecule has 0 radical (unpaired) electrons. The minimum absolute atomic E-state index is 0.0321. The number of aliphatic hydroxyl groups excluding tert-OH is 1. The highest BCUT2D eigenvalue weighted by Crippen LogP contribution is 2.28. The van der Waals surface area contributed by atoms with Gasteiger partial charge in [0.25, 0.3) is 0 Å². The fourth-order valence-electron chi connectivity index (χ4n) is 1.88. The minimum atomic E-state index is -0.133. The molecule has 1 unspecified atom stereocenters. The van der Waals surface area contributed by atoms with Gasteiger partial charge >= 0.3 is 0 Å². The fraction of sp³-hybridized carbons (Fsp3) is 0.417. The minimum Gasteiger partial charge on any atom is -0.394 e. The lowest BCUT2D eigenvalue weighted by molar-refractivity contribution is 0.00353. The molecule has 4 nitrogen and oxygen atoms in total. The van der Waals surface area contributed by atoms with Crippen LogP contribution in [0.3, 0.4) is 0 Å². The first-order chi connectivity index (χ1) is 8.24. The van der Waals surface area contributed by atoms with Crippen molar-refractivity contribution in [3.63, 3.8) is 0 Å². The number of rotatable bonds is 2. The molecular weight excluding hydrogens is 284 g/mol. The van der Waals surface area contributed by atoms with Crippen LogP contribution in [0.1, 0.15) is 5.56 Å². The number of hydrogen-bond donors (Lipinski definition) is 1. The highest BCUT2D eigenvalue weighted by atomic mass is 79.9. The summed E-state index contributed by atoms with van der Waals surface area (Å²) in [5, 5.41) is 17.9. The molecule has 1 fully saturated rings. The Morgan fingerprint density at radius 1 is 1.59 bits per heavy atom. The Hall–Kier alpha value is -1.09. The zero-order valence-electron chi connectivity index (χ0n) is 9.27. The van der Waals surface area contributed by atoms with Gasteiger partial charge < -0.3 is 14.7 Å².